The molecule has 12 heteroatoms. The molecule has 0 bridgehead atoms. The van der Waals surface area contributed by atoms with Crippen molar-refractivity contribution in [2.75, 3.05) is 6.61 Å². The van der Waals surface area contributed by atoms with E-state index in [1.807, 2.05) is 0 Å². The van der Waals surface area contributed by atoms with Crippen molar-refractivity contribution in [1.29, 1.82) is 0 Å². The first-order valence-corrected chi connectivity index (χ1v) is 6.78. The van der Waals surface area contributed by atoms with Crippen LogP contribution in [0.5, 0.6) is 0 Å². The summed E-state index contributed by atoms with van der Waals surface area (Å²) in [7, 11) is 0. The second kappa shape index (κ2) is 6.99. The predicted octanol–water partition coefficient (Wildman–Crippen LogP) is 4.60. The van der Waals surface area contributed by atoms with Gasteiger partial charge in [-0.2, -0.15) is 39.5 Å². The Morgan fingerprint density at radius 2 is 1.45 bits per heavy atom. The van der Waals surface area contributed by atoms with E-state index in [0.717, 1.165) is 6.92 Å². The fourth-order valence-corrected chi connectivity index (χ4v) is 2.05. The maximum atomic E-state index is 13.2. The molecule has 22 heavy (non-hydrogen) atoms. The van der Waals surface area contributed by atoms with Gasteiger partial charge in [0.05, 0.1) is 6.61 Å². The van der Waals surface area contributed by atoms with E-state index < -0.39 is 53.3 Å². The van der Waals surface area contributed by atoms with Crippen LogP contribution in [0.3, 0.4) is 0 Å². The van der Waals surface area contributed by atoms with E-state index in [4.69, 9.17) is 0 Å². The van der Waals surface area contributed by atoms with Crippen molar-refractivity contribution in [2.45, 2.75) is 47.6 Å². The molecule has 0 aromatic heterocycles. The van der Waals surface area contributed by atoms with Gasteiger partial charge < -0.3 is 4.74 Å². The van der Waals surface area contributed by atoms with Gasteiger partial charge in [-0.05, 0) is 6.42 Å². The zero-order valence-corrected chi connectivity index (χ0v) is 13.0. The van der Waals surface area contributed by atoms with Crippen LogP contribution in [0.2, 0.25) is 0 Å². The summed E-state index contributed by atoms with van der Waals surface area (Å²) in [6.45, 7) is 0.523. The molecular formula is C10H10F9IO2. The predicted molar refractivity (Wildman–Crippen MR) is 64.6 cm³/mol. The van der Waals surface area contributed by atoms with Gasteiger partial charge in [0.25, 0.3) is 0 Å². The molecular weight excluding hydrogens is 450 g/mol. The zero-order valence-electron chi connectivity index (χ0n) is 10.8. The Kier molecular flexibility index (Phi) is 6.85. The Labute approximate surface area is 132 Å². The highest BCUT2D eigenvalue weighted by atomic mass is 127. The van der Waals surface area contributed by atoms with Crippen LogP contribution in [0.15, 0.2) is 0 Å². The molecule has 0 fully saturated rings. The van der Waals surface area contributed by atoms with Gasteiger partial charge in [-0.1, -0.05) is 22.6 Å². The van der Waals surface area contributed by atoms with Crippen molar-refractivity contribution < 1.29 is 49.0 Å². The van der Waals surface area contributed by atoms with Crippen molar-refractivity contribution in [3.63, 3.8) is 0 Å². The summed E-state index contributed by atoms with van der Waals surface area (Å²) in [5, 5.41) is 0. The van der Waals surface area contributed by atoms with Crippen LogP contribution in [0.25, 0.3) is 0 Å². The molecule has 0 N–H and O–H groups in total. The maximum absolute atomic E-state index is 13.2. The fraction of sp³-hybridized carbons (Fsp3) is 0.900. The van der Waals surface area contributed by atoms with Crippen LogP contribution in [0.1, 0.15) is 19.8 Å². The molecule has 1 unspecified atom stereocenters. The fourth-order valence-electron chi connectivity index (χ4n) is 1.25. The molecule has 0 radical (unpaired) electrons. The molecule has 1 atom stereocenters. The van der Waals surface area contributed by atoms with Crippen LogP contribution < -0.4 is 0 Å². The third-order valence-electron chi connectivity index (χ3n) is 2.42. The number of carbonyl (C=O) groups is 1. The zero-order chi connectivity index (χ0) is 18.0. The van der Waals surface area contributed by atoms with Gasteiger partial charge in [-0.3, -0.25) is 4.79 Å². The molecule has 0 aliphatic rings. The van der Waals surface area contributed by atoms with Crippen molar-refractivity contribution >= 4 is 28.6 Å². The Hall–Kier alpha value is -0.430. The van der Waals surface area contributed by atoms with E-state index in [9.17, 15) is 44.3 Å². The van der Waals surface area contributed by atoms with Crippen LogP contribution in [-0.2, 0) is 9.53 Å². The summed E-state index contributed by atoms with van der Waals surface area (Å²) in [5.41, 5.74) is 0. The lowest BCUT2D eigenvalue weighted by molar-refractivity contribution is -0.396. The number of carbonyl (C=O) groups excluding carboxylic acids is 1. The lowest BCUT2D eigenvalue weighted by atomic mass is 9.99. The highest BCUT2D eigenvalue weighted by Crippen LogP contribution is 2.54. The van der Waals surface area contributed by atoms with Gasteiger partial charge in [-0.15, -0.1) is 0 Å². The molecule has 0 saturated carbocycles. The summed E-state index contributed by atoms with van der Waals surface area (Å²) in [4.78, 5) is 10.4. The highest BCUT2D eigenvalue weighted by molar-refractivity contribution is 14.1. The van der Waals surface area contributed by atoms with Gasteiger partial charge in [0.1, 0.15) is 0 Å². The van der Waals surface area contributed by atoms with Gasteiger partial charge in [0.15, 0.2) is 0 Å². The van der Waals surface area contributed by atoms with Gasteiger partial charge in [0.2, 0.25) is 0 Å². The molecule has 0 aliphatic heterocycles. The topological polar surface area (TPSA) is 26.3 Å². The molecule has 0 aromatic rings. The molecule has 0 rings (SSSR count). The first-order valence-electron chi connectivity index (χ1n) is 5.54. The molecule has 132 valence electrons. The number of halogens is 10. The lowest BCUT2D eigenvalue weighted by Gasteiger charge is -2.34. The number of rotatable bonds is 7. The minimum absolute atomic E-state index is 0.413. The summed E-state index contributed by atoms with van der Waals surface area (Å²) in [5.74, 6) is -19.9. The first-order chi connectivity index (χ1) is 9.56. The maximum Gasteiger partial charge on any atom is 0.460 e. The Balaban J connectivity index is 5.01. The lowest BCUT2D eigenvalue weighted by Crippen LogP contribution is -2.61. The summed E-state index contributed by atoms with van der Waals surface area (Å²) in [6.07, 6.45) is -9.17. The van der Waals surface area contributed by atoms with E-state index in [1.165, 1.54) is 22.6 Å². The minimum Gasteiger partial charge on any atom is -0.466 e. The monoisotopic (exact) mass is 460 g/mol. The third kappa shape index (κ3) is 4.78. The highest BCUT2D eigenvalue weighted by Gasteiger charge is 2.81. The van der Waals surface area contributed by atoms with E-state index in [2.05, 4.69) is 4.74 Å². The Bertz CT molecular complexity index is 394. The molecule has 0 aliphatic carbocycles. The number of alkyl halides is 10. The van der Waals surface area contributed by atoms with E-state index in [1.54, 1.807) is 0 Å². The normalized spacial score (nSPS) is 15.6. The smallest absolute Gasteiger partial charge is 0.460 e. The van der Waals surface area contributed by atoms with Gasteiger partial charge in [-0.25, -0.2) is 0 Å². The number of hydrogen-bond acceptors (Lipinski definition) is 2. The van der Waals surface area contributed by atoms with Crippen molar-refractivity contribution in [1.82, 2.24) is 0 Å². The van der Waals surface area contributed by atoms with Crippen LogP contribution in [0, 0.1) is 0 Å². The number of hydrogen-bond donors (Lipinski definition) is 0. The molecule has 0 saturated heterocycles. The van der Waals surface area contributed by atoms with Crippen LogP contribution >= 0.6 is 22.6 Å². The minimum atomic E-state index is -6.88. The average molecular weight is 460 g/mol. The van der Waals surface area contributed by atoms with Gasteiger partial charge >= 0.3 is 29.9 Å². The average Bonchev–Trinajstić information content (AvgIpc) is 2.25. The quantitative estimate of drug-likeness (QED) is 0.240. The summed E-state index contributed by atoms with van der Waals surface area (Å²) >= 11 is 1.17. The summed E-state index contributed by atoms with van der Waals surface area (Å²) in [6, 6.07) is 0. The van der Waals surface area contributed by atoms with Crippen molar-refractivity contribution in [3.8, 4) is 0 Å². The van der Waals surface area contributed by atoms with E-state index in [0.29, 0.717) is 0 Å². The standard InChI is InChI=1S/C10H10F9IO2/c1-5(21)22-3-2-6(20)4-7(11,12)8(13,14)9(15,16)10(17,18)19/h6H,2-4H2,1H3. The SMILES string of the molecule is CC(=O)OCCC(I)CC(F)(F)C(F)(F)C(F)(F)C(F)(F)F. The van der Waals surface area contributed by atoms with Crippen molar-refractivity contribution in [3.05, 3.63) is 0 Å². The first kappa shape index (κ1) is 21.6. The molecule has 2 nitrogen and oxygen atoms in total. The largest absolute Gasteiger partial charge is 0.466 e. The Morgan fingerprint density at radius 3 is 1.82 bits per heavy atom. The molecule has 0 aromatic carbocycles. The second-order valence-electron chi connectivity index (χ2n) is 4.28. The van der Waals surface area contributed by atoms with Gasteiger partial charge in [0, 0.05) is 17.3 Å². The summed E-state index contributed by atoms with van der Waals surface area (Å²) < 4.78 is 116. The number of esters is 1. The van der Waals surface area contributed by atoms with Crippen molar-refractivity contribution in [2.24, 2.45) is 0 Å². The molecule has 0 heterocycles. The molecule has 0 amide bonds. The van der Waals surface area contributed by atoms with E-state index >= 15 is 0 Å². The molecule has 0 spiro atoms. The third-order valence-corrected chi connectivity index (χ3v) is 3.49. The Morgan fingerprint density at radius 1 is 1.00 bits per heavy atom. The van der Waals surface area contributed by atoms with E-state index in [-0.39, 0.29) is 0 Å². The number of ether oxygens (including phenoxy) is 1. The van der Waals surface area contributed by atoms with Crippen LogP contribution in [-0.4, -0.2) is 40.4 Å². The van der Waals surface area contributed by atoms with Crippen LogP contribution in [0.4, 0.5) is 39.5 Å². The second-order valence-corrected chi connectivity index (χ2v) is 6.04.